The molecule has 0 heterocycles. The maximum absolute atomic E-state index is 11.7. The van der Waals surface area contributed by atoms with E-state index in [4.69, 9.17) is 33.2 Å². The number of hydrazone groups is 1. The monoisotopic (exact) mass is 375 g/mol. The molecule has 0 atom stereocenters. The van der Waals surface area contributed by atoms with Crippen molar-refractivity contribution in [2.45, 2.75) is 12.8 Å². The molecular formula is C18H15Cl2N3O2. The van der Waals surface area contributed by atoms with Crippen LogP contribution in [0, 0.1) is 11.3 Å². The lowest BCUT2D eigenvalue weighted by Gasteiger charge is -2.07. The minimum Gasteiger partial charge on any atom is -0.492 e. The number of carbonyl (C=O) groups excluding carboxylic acids is 1. The van der Waals surface area contributed by atoms with E-state index in [1.54, 1.807) is 42.5 Å². The van der Waals surface area contributed by atoms with E-state index >= 15 is 0 Å². The predicted octanol–water partition coefficient (Wildman–Crippen LogP) is 4.17. The molecular weight excluding hydrogens is 361 g/mol. The first-order valence-electron chi connectivity index (χ1n) is 7.48. The Morgan fingerprint density at radius 2 is 2.00 bits per heavy atom. The summed E-state index contributed by atoms with van der Waals surface area (Å²) >= 11 is 11.8. The molecule has 0 spiro atoms. The van der Waals surface area contributed by atoms with Gasteiger partial charge in [0.05, 0.1) is 29.5 Å². The summed E-state index contributed by atoms with van der Waals surface area (Å²) < 4.78 is 5.50. The number of carbonyl (C=O) groups is 1. The molecule has 2 aromatic carbocycles. The van der Waals surface area contributed by atoms with E-state index in [1.165, 1.54) is 6.21 Å². The number of hydrogen-bond acceptors (Lipinski definition) is 4. The van der Waals surface area contributed by atoms with Crippen LogP contribution >= 0.6 is 23.2 Å². The summed E-state index contributed by atoms with van der Waals surface area (Å²) in [6.07, 6.45) is 2.32. The Morgan fingerprint density at radius 1 is 1.24 bits per heavy atom. The maximum atomic E-state index is 11.7. The highest BCUT2D eigenvalue weighted by Gasteiger charge is 2.04. The van der Waals surface area contributed by atoms with E-state index in [0.717, 1.165) is 5.56 Å². The van der Waals surface area contributed by atoms with Crippen LogP contribution in [0.25, 0.3) is 0 Å². The molecule has 0 bridgehead atoms. The number of rotatable bonds is 7. The summed E-state index contributed by atoms with van der Waals surface area (Å²) in [4.78, 5) is 11.7. The normalized spacial score (nSPS) is 10.4. The molecule has 25 heavy (non-hydrogen) atoms. The summed E-state index contributed by atoms with van der Waals surface area (Å²) in [5.41, 5.74) is 3.81. The van der Waals surface area contributed by atoms with Gasteiger partial charge in [0.1, 0.15) is 5.75 Å². The van der Waals surface area contributed by atoms with Gasteiger partial charge in [-0.15, -0.1) is 0 Å². The molecule has 0 radical (unpaired) electrons. The zero-order valence-electron chi connectivity index (χ0n) is 13.2. The molecule has 2 aromatic rings. The number of nitriles is 1. The van der Waals surface area contributed by atoms with Gasteiger partial charge >= 0.3 is 0 Å². The zero-order chi connectivity index (χ0) is 18.1. The van der Waals surface area contributed by atoms with E-state index in [2.05, 4.69) is 10.5 Å². The molecule has 0 saturated carbocycles. The molecule has 0 unspecified atom stereocenters. The number of halogens is 2. The van der Waals surface area contributed by atoms with Gasteiger partial charge in [-0.2, -0.15) is 10.4 Å². The minimum absolute atomic E-state index is 0.212. The SMILES string of the molecule is N#Cc1ccc(C=NNC(=O)CCCOc2ccc(Cl)cc2Cl)cc1. The van der Waals surface area contributed by atoms with Crippen molar-refractivity contribution in [3.05, 3.63) is 63.6 Å². The summed E-state index contributed by atoms with van der Waals surface area (Å²) in [6.45, 7) is 0.355. The Labute approximate surface area is 155 Å². The van der Waals surface area contributed by atoms with Crippen molar-refractivity contribution in [1.82, 2.24) is 5.43 Å². The van der Waals surface area contributed by atoms with Crippen LogP contribution in [0.4, 0.5) is 0 Å². The van der Waals surface area contributed by atoms with Gasteiger partial charge in [0, 0.05) is 11.4 Å². The van der Waals surface area contributed by atoms with Crippen molar-refractivity contribution < 1.29 is 9.53 Å². The van der Waals surface area contributed by atoms with Crippen LogP contribution in [-0.4, -0.2) is 18.7 Å². The summed E-state index contributed by atoms with van der Waals surface area (Å²) in [5, 5.41) is 13.6. The molecule has 0 fully saturated rings. The van der Waals surface area contributed by atoms with Crippen molar-refractivity contribution in [3.8, 4) is 11.8 Å². The number of nitrogens with one attached hydrogen (secondary N) is 1. The van der Waals surface area contributed by atoms with Gasteiger partial charge < -0.3 is 4.74 Å². The maximum Gasteiger partial charge on any atom is 0.240 e. The van der Waals surface area contributed by atoms with Gasteiger partial charge in [-0.05, 0) is 42.3 Å². The highest BCUT2D eigenvalue weighted by molar-refractivity contribution is 6.35. The van der Waals surface area contributed by atoms with Crippen LogP contribution in [0.15, 0.2) is 47.6 Å². The lowest BCUT2D eigenvalue weighted by molar-refractivity contribution is -0.121. The second-order valence-corrected chi connectivity index (χ2v) is 5.90. The van der Waals surface area contributed by atoms with Crippen LogP contribution < -0.4 is 10.2 Å². The van der Waals surface area contributed by atoms with Crippen molar-refractivity contribution in [3.63, 3.8) is 0 Å². The van der Waals surface area contributed by atoms with E-state index < -0.39 is 0 Å². The Morgan fingerprint density at radius 3 is 2.68 bits per heavy atom. The first-order chi connectivity index (χ1) is 12.1. The third-order valence-electron chi connectivity index (χ3n) is 3.14. The molecule has 5 nitrogen and oxygen atoms in total. The second-order valence-electron chi connectivity index (χ2n) is 5.05. The van der Waals surface area contributed by atoms with Crippen LogP contribution in [0.5, 0.6) is 5.75 Å². The Hall–Kier alpha value is -2.55. The highest BCUT2D eigenvalue weighted by Crippen LogP contribution is 2.27. The summed E-state index contributed by atoms with van der Waals surface area (Å²) in [5.74, 6) is 0.320. The molecule has 0 aliphatic carbocycles. The smallest absolute Gasteiger partial charge is 0.240 e. The standard InChI is InChI=1S/C18H15Cl2N3O2/c19-15-7-8-17(16(20)10-15)25-9-1-2-18(24)23-22-12-14-5-3-13(11-21)4-6-14/h3-8,10,12H,1-2,9H2,(H,23,24). The molecule has 1 amide bonds. The topological polar surface area (TPSA) is 74.5 Å². The van der Waals surface area contributed by atoms with Crippen LogP contribution in [0.1, 0.15) is 24.0 Å². The van der Waals surface area contributed by atoms with E-state index in [9.17, 15) is 4.79 Å². The van der Waals surface area contributed by atoms with Crippen LogP contribution in [-0.2, 0) is 4.79 Å². The van der Waals surface area contributed by atoms with Crippen molar-refractivity contribution in [2.24, 2.45) is 5.10 Å². The average Bonchev–Trinajstić information content (AvgIpc) is 2.61. The van der Waals surface area contributed by atoms with Gasteiger partial charge in [-0.3, -0.25) is 4.79 Å². The van der Waals surface area contributed by atoms with E-state index in [1.807, 2.05) is 6.07 Å². The van der Waals surface area contributed by atoms with Gasteiger partial charge in [-0.25, -0.2) is 5.43 Å². The molecule has 128 valence electrons. The molecule has 1 N–H and O–H groups in total. The lowest BCUT2D eigenvalue weighted by Crippen LogP contribution is -2.18. The second kappa shape index (κ2) is 9.67. The first kappa shape index (κ1) is 18.8. The van der Waals surface area contributed by atoms with Crippen LogP contribution in [0.3, 0.4) is 0 Å². The number of hydrogen-bond donors (Lipinski definition) is 1. The Balaban J connectivity index is 1.68. The molecule has 0 aliphatic heterocycles. The summed E-state index contributed by atoms with van der Waals surface area (Å²) in [6, 6.07) is 13.9. The average molecular weight is 376 g/mol. The third kappa shape index (κ3) is 6.46. The number of ether oxygens (including phenoxy) is 1. The molecule has 2 rings (SSSR count). The lowest BCUT2D eigenvalue weighted by atomic mass is 10.2. The van der Waals surface area contributed by atoms with Crippen LogP contribution in [0.2, 0.25) is 10.0 Å². The Kier molecular flexibility index (Phi) is 7.27. The van der Waals surface area contributed by atoms with Gasteiger partial charge in [0.2, 0.25) is 5.91 Å². The summed E-state index contributed by atoms with van der Waals surface area (Å²) in [7, 11) is 0. The third-order valence-corrected chi connectivity index (χ3v) is 3.67. The zero-order valence-corrected chi connectivity index (χ0v) is 14.7. The fraction of sp³-hybridized carbons (Fsp3) is 0.167. The van der Waals surface area contributed by atoms with Gasteiger partial charge in [-0.1, -0.05) is 35.3 Å². The van der Waals surface area contributed by atoms with E-state index in [-0.39, 0.29) is 12.3 Å². The molecule has 7 heteroatoms. The van der Waals surface area contributed by atoms with Gasteiger partial charge in [0.25, 0.3) is 0 Å². The number of benzene rings is 2. The van der Waals surface area contributed by atoms with Gasteiger partial charge in [0.15, 0.2) is 0 Å². The Bertz CT molecular complexity index is 799. The highest BCUT2D eigenvalue weighted by atomic mass is 35.5. The molecule has 0 aliphatic rings. The quantitative estimate of drug-likeness (QED) is 0.448. The fourth-order valence-electron chi connectivity index (χ4n) is 1.89. The first-order valence-corrected chi connectivity index (χ1v) is 8.24. The minimum atomic E-state index is -0.212. The molecule has 0 aromatic heterocycles. The largest absolute Gasteiger partial charge is 0.492 e. The van der Waals surface area contributed by atoms with Crippen molar-refractivity contribution >= 4 is 35.3 Å². The predicted molar refractivity (Wildman–Crippen MR) is 98.1 cm³/mol. The molecule has 0 saturated heterocycles. The fourth-order valence-corrected chi connectivity index (χ4v) is 2.35. The number of amides is 1. The van der Waals surface area contributed by atoms with E-state index in [0.29, 0.717) is 34.4 Å². The number of nitrogens with zero attached hydrogens (tertiary/aromatic N) is 2. The van der Waals surface area contributed by atoms with Crippen molar-refractivity contribution in [2.75, 3.05) is 6.61 Å². The van der Waals surface area contributed by atoms with Crippen molar-refractivity contribution in [1.29, 1.82) is 5.26 Å².